The Bertz CT molecular complexity index is 537. The van der Waals surface area contributed by atoms with Crippen LogP contribution in [0.4, 0.5) is 8.78 Å². The molecule has 1 aliphatic heterocycles. The van der Waals surface area contributed by atoms with Crippen molar-refractivity contribution in [3.05, 3.63) is 23.5 Å². The van der Waals surface area contributed by atoms with Crippen molar-refractivity contribution in [2.24, 2.45) is 0 Å². The molecule has 1 atom stereocenters. The first kappa shape index (κ1) is 14.7. The van der Waals surface area contributed by atoms with Crippen LogP contribution >= 0.6 is 0 Å². The van der Waals surface area contributed by atoms with Gasteiger partial charge in [0, 0.05) is 31.5 Å². The molecule has 1 unspecified atom stereocenters. The third-order valence-electron chi connectivity index (χ3n) is 3.57. The van der Waals surface area contributed by atoms with E-state index in [0.717, 1.165) is 0 Å². The first-order chi connectivity index (χ1) is 9.36. The smallest absolute Gasteiger partial charge is 0.376 e. The van der Waals surface area contributed by atoms with E-state index in [1.807, 2.05) is 0 Å². The number of aromatic nitrogens is 1. The molecular formula is C14H17F2NO3. The molecule has 0 bridgehead atoms. The number of esters is 1. The van der Waals surface area contributed by atoms with Crippen LogP contribution in [0.25, 0.3) is 0 Å². The zero-order valence-corrected chi connectivity index (χ0v) is 11.5. The molecule has 110 valence electrons. The fraction of sp³-hybridized carbons (Fsp3) is 0.571. The monoisotopic (exact) mass is 285 g/mol. The Balaban J connectivity index is 2.15. The maximum atomic E-state index is 13.8. The highest BCUT2D eigenvalue weighted by Crippen LogP contribution is 2.38. The predicted molar refractivity (Wildman–Crippen MR) is 68.0 cm³/mol. The molecule has 4 nitrogen and oxygen atoms in total. The van der Waals surface area contributed by atoms with Crippen LogP contribution in [0.1, 0.15) is 48.8 Å². The minimum atomic E-state index is -3.49. The van der Waals surface area contributed by atoms with Crippen LogP contribution in [-0.4, -0.2) is 28.8 Å². The molecule has 1 aromatic heterocycles. The predicted octanol–water partition coefficient (Wildman–Crippen LogP) is 2.77. The lowest BCUT2D eigenvalue weighted by molar-refractivity contribution is -0.173. The molecule has 2 heterocycles. The normalized spacial score (nSPS) is 17.9. The lowest BCUT2D eigenvalue weighted by Gasteiger charge is -2.18. The Morgan fingerprint density at radius 2 is 2.15 bits per heavy atom. The highest BCUT2D eigenvalue weighted by molar-refractivity contribution is 5.92. The molecule has 0 N–H and O–H groups in total. The van der Waals surface area contributed by atoms with Crippen molar-refractivity contribution in [2.75, 3.05) is 6.61 Å². The summed E-state index contributed by atoms with van der Waals surface area (Å²) in [6.07, 6.45) is -0.0708. The van der Waals surface area contributed by atoms with E-state index in [1.54, 1.807) is 16.7 Å². The van der Waals surface area contributed by atoms with Gasteiger partial charge in [0.05, 0.1) is 12.3 Å². The van der Waals surface area contributed by atoms with E-state index in [-0.39, 0.29) is 12.4 Å². The Morgan fingerprint density at radius 3 is 2.75 bits per heavy atom. The summed E-state index contributed by atoms with van der Waals surface area (Å²) in [6.45, 7) is 3.40. The SMILES string of the molecule is CCOC(=O)C(F)(F)CC1CCn2c(C(C)=O)ccc21. The summed E-state index contributed by atoms with van der Waals surface area (Å²) in [5.74, 6) is -5.48. The van der Waals surface area contributed by atoms with Gasteiger partial charge in [0.15, 0.2) is 5.78 Å². The van der Waals surface area contributed by atoms with Crippen LogP contribution in [0.15, 0.2) is 12.1 Å². The minimum absolute atomic E-state index is 0.0655. The minimum Gasteiger partial charge on any atom is -0.462 e. The molecule has 1 aliphatic rings. The number of hydrogen-bond donors (Lipinski definition) is 0. The molecule has 0 amide bonds. The number of ketones is 1. The van der Waals surface area contributed by atoms with E-state index >= 15 is 0 Å². The summed E-state index contributed by atoms with van der Waals surface area (Å²) >= 11 is 0. The van der Waals surface area contributed by atoms with Crippen LogP contribution in [0, 0.1) is 0 Å². The summed E-state index contributed by atoms with van der Waals surface area (Å²) in [4.78, 5) is 22.7. The van der Waals surface area contributed by atoms with Crippen molar-refractivity contribution in [3.63, 3.8) is 0 Å². The van der Waals surface area contributed by atoms with Crippen LogP contribution in [0.5, 0.6) is 0 Å². The van der Waals surface area contributed by atoms with Gasteiger partial charge in [-0.15, -0.1) is 0 Å². The van der Waals surface area contributed by atoms with Gasteiger partial charge in [-0.05, 0) is 25.5 Å². The van der Waals surface area contributed by atoms with Gasteiger partial charge in [-0.25, -0.2) is 4.79 Å². The van der Waals surface area contributed by atoms with Gasteiger partial charge in [0.1, 0.15) is 0 Å². The molecule has 0 saturated heterocycles. The fourth-order valence-electron chi connectivity index (χ4n) is 2.67. The number of hydrogen-bond acceptors (Lipinski definition) is 3. The number of carbonyl (C=O) groups is 2. The second-order valence-electron chi connectivity index (χ2n) is 4.97. The Labute approximate surface area is 115 Å². The molecule has 6 heteroatoms. The Kier molecular flexibility index (Phi) is 3.92. The van der Waals surface area contributed by atoms with E-state index < -0.39 is 24.2 Å². The standard InChI is InChI=1S/C14H17F2NO3/c1-3-20-13(19)14(15,16)8-10-6-7-17-11(9(2)18)4-5-12(10)17/h4-5,10H,3,6-8H2,1-2H3. The molecule has 0 spiro atoms. The lowest BCUT2D eigenvalue weighted by atomic mass is 9.96. The van der Waals surface area contributed by atoms with Crippen molar-refractivity contribution in [3.8, 4) is 0 Å². The third-order valence-corrected chi connectivity index (χ3v) is 3.57. The molecule has 0 saturated carbocycles. The maximum Gasteiger partial charge on any atom is 0.376 e. The first-order valence-corrected chi connectivity index (χ1v) is 6.62. The van der Waals surface area contributed by atoms with E-state index in [2.05, 4.69) is 4.74 Å². The van der Waals surface area contributed by atoms with Gasteiger partial charge in [0.25, 0.3) is 0 Å². The Hall–Kier alpha value is -1.72. The van der Waals surface area contributed by atoms with Crippen LogP contribution < -0.4 is 0 Å². The van der Waals surface area contributed by atoms with Gasteiger partial charge >= 0.3 is 11.9 Å². The number of fused-ring (bicyclic) bond motifs is 1. The summed E-state index contributed by atoms with van der Waals surface area (Å²) in [5, 5.41) is 0. The molecular weight excluding hydrogens is 268 g/mol. The van der Waals surface area contributed by atoms with Crippen molar-refractivity contribution in [1.29, 1.82) is 0 Å². The first-order valence-electron chi connectivity index (χ1n) is 6.62. The molecule has 0 aromatic carbocycles. The van der Waals surface area contributed by atoms with Crippen LogP contribution in [0.3, 0.4) is 0 Å². The van der Waals surface area contributed by atoms with E-state index in [4.69, 9.17) is 0 Å². The van der Waals surface area contributed by atoms with Crippen LogP contribution in [0.2, 0.25) is 0 Å². The second kappa shape index (κ2) is 5.34. The summed E-state index contributed by atoms with van der Waals surface area (Å²) < 4.78 is 33.7. The largest absolute Gasteiger partial charge is 0.462 e. The number of rotatable bonds is 5. The zero-order chi connectivity index (χ0) is 14.9. The number of nitrogens with zero attached hydrogens (tertiary/aromatic N) is 1. The maximum absolute atomic E-state index is 13.8. The molecule has 2 rings (SSSR count). The van der Waals surface area contributed by atoms with Gasteiger partial charge < -0.3 is 9.30 Å². The summed E-state index contributed by atoms with van der Waals surface area (Å²) in [6, 6.07) is 3.34. The van der Waals surface area contributed by atoms with Crippen LogP contribution in [-0.2, 0) is 16.1 Å². The number of halogens is 2. The number of ether oxygens (including phenoxy) is 1. The second-order valence-corrected chi connectivity index (χ2v) is 4.97. The van der Waals surface area contributed by atoms with Gasteiger partial charge in [-0.2, -0.15) is 8.78 Å². The van der Waals surface area contributed by atoms with Gasteiger partial charge in [-0.3, -0.25) is 4.79 Å². The number of alkyl halides is 2. The number of carbonyl (C=O) groups excluding carboxylic acids is 2. The van der Waals surface area contributed by atoms with Gasteiger partial charge in [0.2, 0.25) is 0 Å². The van der Waals surface area contributed by atoms with E-state index in [0.29, 0.717) is 24.4 Å². The van der Waals surface area contributed by atoms with Crippen molar-refractivity contribution >= 4 is 11.8 Å². The quantitative estimate of drug-likeness (QED) is 0.617. The third kappa shape index (κ3) is 2.59. The fourth-order valence-corrected chi connectivity index (χ4v) is 2.67. The summed E-state index contributed by atoms with van der Waals surface area (Å²) in [5.41, 5.74) is 1.22. The van der Waals surface area contributed by atoms with Gasteiger partial charge in [-0.1, -0.05) is 0 Å². The highest BCUT2D eigenvalue weighted by atomic mass is 19.3. The molecule has 1 aromatic rings. The summed E-state index contributed by atoms with van der Waals surface area (Å²) in [7, 11) is 0. The average molecular weight is 285 g/mol. The Morgan fingerprint density at radius 1 is 1.45 bits per heavy atom. The molecule has 0 fully saturated rings. The van der Waals surface area contributed by atoms with E-state index in [1.165, 1.54) is 13.8 Å². The zero-order valence-electron chi connectivity index (χ0n) is 11.5. The topological polar surface area (TPSA) is 48.3 Å². The highest BCUT2D eigenvalue weighted by Gasteiger charge is 2.44. The molecule has 20 heavy (non-hydrogen) atoms. The molecule has 0 aliphatic carbocycles. The van der Waals surface area contributed by atoms with Crippen molar-refractivity contribution in [1.82, 2.24) is 4.57 Å². The van der Waals surface area contributed by atoms with E-state index in [9.17, 15) is 18.4 Å². The van der Waals surface area contributed by atoms with Crippen molar-refractivity contribution in [2.45, 2.75) is 45.1 Å². The number of Topliss-reactive ketones (excluding diaryl/α,β-unsaturated/α-hetero) is 1. The van der Waals surface area contributed by atoms with Crippen molar-refractivity contribution < 1.29 is 23.1 Å². The average Bonchev–Trinajstić information content (AvgIpc) is 2.92. The lowest BCUT2D eigenvalue weighted by Crippen LogP contribution is -2.32. The molecule has 0 radical (unpaired) electrons.